The van der Waals surface area contributed by atoms with Crippen LogP contribution in [0, 0.1) is 0 Å². The highest BCUT2D eigenvalue weighted by Gasteiger charge is 2.32. The molecule has 0 bridgehead atoms. The molecular formula is C17H21N3O3. The van der Waals surface area contributed by atoms with Crippen LogP contribution in [0.3, 0.4) is 0 Å². The van der Waals surface area contributed by atoms with Crippen LogP contribution < -0.4 is 10.2 Å². The molecule has 0 radical (unpaired) electrons. The molecule has 1 N–H and O–H groups in total. The van der Waals surface area contributed by atoms with Crippen molar-refractivity contribution in [1.82, 2.24) is 10.2 Å². The lowest BCUT2D eigenvalue weighted by atomic mass is 10.0. The van der Waals surface area contributed by atoms with Gasteiger partial charge < -0.3 is 9.80 Å². The SMILES string of the molecule is CN(C(=O)c1cccc(N2CCCC2)c1)C1CCC(=O)NC1=O. The Kier molecular flexibility index (Phi) is 4.32. The zero-order valence-corrected chi connectivity index (χ0v) is 13.2. The van der Waals surface area contributed by atoms with Crippen molar-refractivity contribution >= 4 is 23.4 Å². The summed E-state index contributed by atoms with van der Waals surface area (Å²) >= 11 is 0. The Morgan fingerprint density at radius 3 is 2.70 bits per heavy atom. The minimum atomic E-state index is -0.587. The van der Waals surface area contributed by atoms with E-state index in [9.17, 15) is 14.4 Å². The Morgan fingerprint density at radius 1 is 1.26 bits per heavy atom. The van der Waals surface area contributed by atoms with Crippen molar-refractivity contribution in [2.24, 2.45) is 0 Å². The molecule has 1 aromatic carbocycles. The third-order valence-corrected chi connectivity index (χ3v) is 4.56. The van der Waals surface area contributed by atoms with Crippen molar-refractivity contribution in [3.05, 3.63) is 29.8 Å². The van der Waals surface area contributed by atoms with Gasteiger partial charge in [0.05, 0.1) is 0 Å². The van der Waals surface area contributed by atoms with Crippen LogP contribution in [0.15, 0.2) is 24.3 Å². The number of carbonyl (C=O) groups excluding carboxylic acids is 3. The van der Waals surface area contributed by atoms with E-state index >= 15 is 0 Å². The average molecular weight is 315 g/mol. The molecule has 1 aromatic rings. The molecule has 0 aromatic heterocycles. The topological polar surface area (TPSA) is 69.7 Å². The van der Waals surface area contributed by atoms with Gasteiger partial charge in [-0.25, -0.2) is 0 Å². The van der Waals surface area contributed by atoms with Gasteiger partial charge >= 0.3 is 0 Å². The normalized spacial score (nSPS) is 21.3. The number of imide groups is 1. The second kappa shape index (κ2) is 6.40. The fourth-order valence-corrected chi connectivity index (χ4v) is 3.21. The number of benzene rings is 1. The molecule has 6 heteroatoms. The minimum Gasteiger partial charge on any atom is -0.372 e. The quantitative estimate of drug-likeness (QED) is 0.850. The number of piperidine rings is 1. The monoisotopic (exact) mass is 315 g/mol. The number of nitrogens with one attached hydrogen (secondary N) is 1. The summed E-state index contributed by atoms with van der Waals surface area (Å²) in [7, 11) is 1.62. The Hall–Kier alpha value is -2.37. The van der Waals surface area contributed by atoms with Crippen LogP contribution in [0.5, 0.6) is 0 Å². The van der Waals surface area contributed by atoms with Gasteiger partial charge in [-0.1, -0.05) is 6.07 Å². The molecule has 2 aliphatic heterocycles. The maximum Gasteiger partial charge on any atom is 0.254 e. The van der Waals surface area contributed by atoms with E-state index in [2.05, 4.69) is 10.2 Å². The number of anilines is 1. The number of nitrogens with zero attached hydrogens (tertiary/aromatic N) is 2. The second-order valence-corrected chi connectivity index (χ2v) is 6.13. The minimum absolute atomic E-state index is 0.194. The molecule has 2 heterocycles. The van der Waals surface area contributed by atoms with Gasteiger partial charge in [0.25, 0.3) is 5.91 Å². The molecule has 23 heavy (non-hydrogen) atoms. The summed E-state index contributed by atoms with van der Waals surface area (Å²) in [5.74, 6) is -0.864. The Bertz CT molecular complexity index is 638. The molecule has 0 aliphatic carbocycles. The molecule has 2 fully saturated rings. The van der Waals surface area contributed by atoms with Crippen LogP contribution in [-0.2, 0) is 9.59 Å². The molecule has 6 nitrogen and oxygen atoms in total. The van der Waals surface area contributed by atoms with Crippen LogP contribution in [0.4, 0.5) is 5.69 Å². The van der Waals surface area contributed by atoms with E-state index < -0.39 is 11.9 Å². The average Bonchev–Trinajstić information content (AvgIpc) is 3.08. The van der Waals surface area contributed by atoms with Crippen LogP contribution in [0.1, 0.15) is 36.0 Å². The molecule has 1 atom stereocenters. The maximum absolute atomic E-state index is 12.7. The van der Waals surface area contributed by atoms with Gasteiger partial charge in [-0.2, -0.15) is 0 Å². The third-order valence-electron chi connectivity index (χ3n) is 4.56. The number of hydrogen-bond donors (Lipinski definition) is 1. The highest BCUT2D eigenvalue weighted by Crippen LogP contribution is 2.22. The lowest BCUT2D eigenvalue weighted by Crippen LogP contribution is -2.52. The molecule has 3 amide bonds. The first-order chi connectivity index (χ1) is 11.1. The van der Waals surface area contributed by atoms with E-state index in [4.69, 9.17) is 0 Å². The van der Waals surface area contributed by atoms with Crippen LogP contribution in [0.2, 0.25) is 0 Å². The van der Waals surface area contributed by atoms with Crippen molar-refractivity contribution in [3.63, 3.8) is 0 Å². The molecule has 0 saturated carbocycles. The second-order valence-electron chi connectivity index (χ2n) is 6.13. The number of carbonyl (C=O) groups is 3. The van der Waals surface area contributed by atoms with E-state index in [0.29, 0.717) is 12.0 Å². The molecular weight excluding hydrogens is 294 g/mol. The van der Waals surface area contributed by atoms with Crippen molar-refractivity contribution in [3.8, 4) is 0 Å². The summed E-state index contributed by atoms with van der Waals surface area (Å²) in [4.78, 5) is 39.5. The zero-order valence-electron chi connectivity index (χ0n) is 13.2. The molecule has 0 spiro atoms. The molecule has 2 aliphatic rings. The van der Waals surface area contributed by atoms with Crippen molar-refractivity contribution in [2.45, 2.75) is 31.7 Å². The van der Waals surface area contributed by atoms with Gasteiger partial charge in [0.1, 0.15) is 6.04 Å². The van der Waals surface area contributed by atoms with Gasteiger partial charge in [-0.3, -0.25) is 19.7 Å². The maximum atomic E-state index is 12.7. The van der Waals surface area contributed by atoms with E-state index in [-0.39, 0.29) is 18.2 Å². The standard InChI is InChI=1S/C17H21N3O3/c1-19(14-7-8-15(21)18-16(14)22)17(23)12-5-4-6-13(11-12)20-9-2-3-10-20/h4-6,11,14H,2-3,7-10H2,1H3,(H,18,21,22). The van der Waals surface area contributed by atoms with Crippen LogP contribution >= 0.6 is 0 Å². The molecule has 3 rings (SSSR count). The van der Waals surface area contributed by atoms with Crippen molar-refractivity contribution in [1.29, 1.82) is 0 Å². The van der Waals surface area contributed by atoms with E-state index in [1.807, 2.05) is 18.2 Å². The highest BCUT2D eigenvalue weighted by atomic mass is 16.2. The Morgan fingerprint density at radius 2 is 2.00 bits per heavy atom. The summed E-state index contributed by atoms with van der Waals surface area (Å²) in [5.41, 5.74) is 1.62. The van der Waals surface area contributed by atoms with Gasteiger partial charge in [-0.15, -0.1) is 0 Å². The molecule has 2 saturated heterocycles. The highest BCUT2D eigenvalue weighted by molar-refractivity contribution is 6.03. The first-order valence-corrected chi connectivity index (χ1v) is 8.02. The van der Waals surface area contributed by atoms with E-state index in [1.54, 1.807) is 13.1 Å². The van der Waals surface area contributed by atoms with Gasteiger partial charge in [0, 0.05) is 37.8 Å². The lowest BCUT2D eigenvalue weighted by Gasteiger charge is -2.30. The summed E-state index contributed by atoms with van der Waals surface area (Å²) in [6, 6.07) is 6.95. The predicted molar refractivity (Wildman–Crippen MR) is 86.2 cm³/mol. The Balaban J connectivity index is 1.75. The number of likely N-dealkylation sites (N-methyl/N-ethyl adjacent to an activating group) is 1. The van der Waals surface area contributed by atoms with Crippen LogP contribution in [0.25, 0.3) is 0 Å². The summed E-state index contributed by atoms with van der Waals surface area (Å²) in [6.07, 6.45) is 2.99. The Labute approximate surface area is 135 Å². The van der Waals surface area contributed by atoms with Crippen LogP contribution in [-0.4, -0.2) is 48.8 Å². The van der Waals surface area contributed by atoms with E-state index in [0.717, 1.165) is 18.8 Å². The molecule has 1 unspecified atom stereocenters. The fraction of sp³-hybridized carbons (Fsp3) is 0.471. The third kappa shape index (κ3) is 3.21. The largest absolute Gasteiger partial charge is 0.372 e. The first-order valence-electron chi connectivity index (χ1n) is 8.02. The van der Waals surface area contributed by atoms with Crippen molar-refractivity contribution < 1.29 is 14.4 Å². The number of hydrogen-bond acceptors (Lipinski definition) is 4. The fourth-order valence-electron chi connectivity index (χ4n) is 3.21. The summed E-state index contributed by atoms with van der Waals surface area (Å²) < 4.78 is 0. The molecule has 122 valence electrons. The van der Waals surface area contributed by atoms with Crippen molar-refractivity contribution in [2.75, 3.05) is 25.0 Å². The van der Waals surface area contributed by atoms with Gasteiger partial charge in [0.15, 0.2) is 0 Å². The smallest absolute Gasteiger partial charge is 0.254 e. The first kappa shape index (κ1) is 15.5. The summed E-state index contributed by atoms with van der Waals surface area (Å²) in [5, 5.41) is 2.29. The number of amides is 3. The van der Waals surface area contributed by atoms with Gasteiger partial charge in [-0.05, 0) is 37.5 Å². The summed E-state index contributed by atoms with van der Waals surface area (Å²) in [6.45, 7) is 2.03. The predicted octanol–water partition coefficient (Wildman–Crippen LogP) is 1.16. The van der Waals surface area contributed by atoms with Gasteiger partial charge in [0.2, 0.25) is 11.8 Å². The zero-order chi connectivity index (χ0) is 16.4. The lowest BCUT2D eigenvalue weighted by molar-refractivity contribution is -0.136. The van der Waals surface area contributed by atoms with E-state index in [1.165, 1.54) is 17.7 Å². The number of rotatable bonds is 3.